The predicted molar refractivity (Wildman–Crippen MR) is 150 cm³/mol. The van der Waals surface area contributed by atoms with Crippen molar-refractivity contribution in [2.45, 2.75) is 39.7 Å². The van der Waals surface area contributed by atoms with E-state index in [-0.39, 0.29) is 11.3 Å². The van der Waals surface area contributed by atoms with Gasteiger partial charge in [-0.1, -0.05) is 43.3 Å². The highest BCUT2D eigenvalue weighted by Crippen LogP contribution is 2.42. The minimum Gasteiger partial charge on any atom is -0.507 e. The number of amides is 1. The number of carbonyl (C=O) groups is 2. The Morgan fingerprint density at radius 2 is 1.54 bits per heavy atom. The van der Waals surface area contributed by atoms with Crippen LogP contribution in [0.25, 0.3) is 5.76 Å². The minimum absolute atomic E-state index is 0.0434. The topological polar surface area (TPSA) is 85.3 Å². The number of aliphatic hydroxyl groups excluding tert-OH is 1. The fourth-order valence-electron chi connectivity index (χ4n) is 4.67. The second-order valence-corrected chi connectivity index (χ2v) is 9.17. The smallest absolute Gasteiger partial charge is 0.295 e. The average molecular weight is 530 g/mol. The molecule has 0 bridgehead atoms. The second kappa shape index (κ2) is 13.0. The van der Waals surface area contributed by atoms with Crippen LogP contribution in [0.1, 0.15) is 49.9 Å². The summed E-state index contributed by atoms with van der Waals surface area (Å²) in [6.45, 7) is 7.56. The Balaban J connectivity index is 1.78. The Hall–Kier alpha value is -4.26. The van der Waals surface area contributed by atoms with Gasteiger partial charge in [0.1, 0.15) is 11.5 Å². The zero-order valence-corrected chi connectivity index (χ0v) is 22.7. The molecule has 204 valence electrons. The number of Topliss-reactive ketones (excluding diaryl/α,β-unsaturated/α-hetero) is 1. The van der Waals surface area contributed by atoms with Gasteiger partial charge in [-0.3, -0.25) is 9.59 Å². The van der Waals surface area contributed by atoms with Crippen molar-refractivity contribution < 1.29 is 28.9 Å². The summed E-state index contributed by atoms with van der Waals surface area (Å²) in [5.41, 5.74) is 2.17. The molecule has 1 atom stereocenters. The fraction of sp³-hybridized carbons (Fsp3) is 0.312. The van der Waals surface area contributed by atoms with E-state index in [0.717, 1.165) is 12.0 Å². The van der Waals surface area contributed by atoms with Gasteiger partial charge in [0.2, 0.25) is 0 Å². The van der Waals surface area contributed by atoms with E-state index in [9.17, 15) is 14.7 Å². The third kappa shape index (κ3) is 6.25. The maximum Gasteiger partial charge on any atom is 0.295 e. The highest BCUT2D eigenvalue weighted by molar-refractivity contribution is 6.46. The zero-order chi connectivity index (χ0) is 27.8. The van der Waals surface area contributed by atoms with Crippen LogP contribution in [0, 0.1) is 0 Å². The number of hydrogen-bond acceptors (Lipinski definition) is 6. The molecule has 0 aromatic heterocycles. The summed E-state index contributed by atoms with van der Waals surface area (Å²) in [5.74, 6) is 0.168. The molecule has 7 heteroatoms. The molecular weight excluding hydrogens is 494 g/mol. The van der Waals surface area contributed by atoms with Crippen LogP contribution in [-0.2, 0) is 16.0 Å². The van der Waals surface area contributed by atoms with E-state index >= 15 is 0 Å². The SMILES string of the molecule is CCCOc1ccc(C(O)=C2C(=O)C(=O)N(CCc3ccccc3)C2c2ccc(OCC)c(OCC)c2)cc1. The first kappa shape index (κ1) is 27.8. The number of carbonyl (C=O) groups excluding carboxylic acids is 2. The van der Waals surface area contributed by atoms with Gasteiger partial charge in [0.05, 0.1) is 31.4 Å². The highest BCUT2D eigenvalue weighted by Gasteiger charge is 2.46. The van der Waals surface area contributed by atoms with Crippen molar-refractivity contribution in [1.29, 1.82) is 0 Å². The van der Waals surface area contributed by atoms with Gasteiger partial charge in [-0.15, -0.1) is 0 Å². The largest absolute Gasteiger partial charge is 0.507 e. The number of hydrogen-bond donors (Lipinski definition) is 1. The summed E-state index contributed by atoms with van der Waals surface area (Å²) < 4.78 is 17.2. The van der Waals surface area contributed by atoms with Crippen LogP contribution in [0.15, 0.2) is 78.4 Å². The number of benzene rings is 3. The molecule has 1 amide bonds. The molecule has 0 spiro atoms. The Morgan fingerprint density at radius 1 is 0.846 bits per heavy atom. The zero-order valence-electron chi connectivity index (χ0n) is 22.7. The van der Waals surface area contributed by atoms with Gasteiger partial charge in [0.25, 0.3) is 11.7 Å². The lowest BCUT2D eigenvalue weighted by Gasteiger charge is -2.26. The molecule has 7 nitrogen and oxygen atoms in total. The van der Waals surface area contributed by atoms with Crippen LogP contribution in [0.3, 0.4) is 0 Å². The summed E-state index contributed by atoms with van der Waals surface area (Å²) in [6.07, 6.45) is 1.43. The molecule has 1 saturated heterocycles. The summed E-state index contributed by atoms with van der Waals surface area (Å²) in [7, 11) is 0. The molecule has 0 radical (unpaired) electrons. The monoisotopic (exact) mass is 529 g/mol. The first-order valence-corrected chi connectivity index (χ1v) is 13.4. The van der Waals surface area contributed by atoms with Crippen LogP contribution >= 0.6 is 0 Å². The van der Waals surface area contributed by atoms with Crippen LogP contribution < -0.4 is 14.2 Å². The van der Waals surface area contributed by atoms with Gasteiger partial charge in [-0.25, -0.2) is 0 Å². The van der Waals surface area contributed by atoms with Crippen molar-refractivity contribution in [2.75, 3.05) is 26.4 Å². The number of nitrogens with zero attached hydrogens (tertiary/aromatic N) is 1. The van der Waals surface area contributed by atoms with Gasteiger partial charge in [-0.05, 0) is 74.2 Å². The molecule has 0 aliphatic carbocycles. The molecule has 1 N–H and O–H groups in total. The van der Waals surface area contributed by atoms with Crippen LogP contribution in [0.4, 0.5) is 0 Å². The van der Waals surface area contributed by atoms with Crippen molar-refractivity contribution in [3.05, 3.63) is 95.1 Å². The Kier molecular flexibility index (Phi) is 9.26. The van der Waals surface area contributed by atoms with Gasteiger partial charge < -0.3 is 24.2 Å². The molecule has 1 aliphatic heterocycles. The first-order chi connectivity index (χ1) is 19.0. The van der Waals surface area contributed by atoms with Crippen molar-refractivity contribution in [1.82, 2.24) is 4.90 Å². The standard InChI is InChI=1S/C32H35NO6/c1-4-20-39-25-15-12-23(13-16-25)30(34)28-29(24-14-17-26(37-5-2)27(21-24)38-6-3)33(32(36)31(28)35)19-18-22-10-8-7-9-11-22/h7-17,21,29,34H,4-6,18-20H2,1-3H3. The molecule has 39 heavy (non-hydrogen) atoms. The molecule has 4 rings (SSSR count). The average Bonchev–Trinajstić information content (AvgIpc) is 3.21. The Morgan fingerprint density at radius 3 is 2.21 bits per heavy atom. The summed E-state index contributed by atoms with van der Waals surface area (Å²) in [4.78, 5) is 28.3. The van der Waals surface area contributed by atoms with Gasteiger partial charge >= 0.3 is 0 Å². The van der Waals surface area contributed by atoms with E-state index in [4.69, 9.17) is 14.2 Å². The second-order valence-electron chi connectivity index (χ2n) is 9.17. The summed E-state index contributed by atoms with van der Waals surface area (Å²) >= 11 is 0. The van der Waals surface area contributed by atoms with Crippen molar-refractivity contribution >= 4 is 17.4 Å². The molecule has 1 aliphatic rings. The molecule has 0 saturated carbocycles. The van der Waals surface area contributed by atoms with Crippen molar-refractivity contribution in [3.63, 3.8) is 0 Å². The summed E-state index contributed by atoms with van der Waals surface area (Å²) in [5, 5.41) is 11.4. The maximum atomic E-state index is 13.4. The lowest BCUT2D eigenvalue weighted by molar-refractivity contribution is -0.139. The normalized spacial score (nSPS) is 16.4. The third-order valence-corrected chi connectivity index (χ3v) is 6.51. The van der Waals surface area contributed by atoms with Crippen molar-refractivity contribution in [2.24, 2.45) is 0 Å². The van der Waals surface area contributed by atoms with Crippen LogP contribution in [0.5, 0.6) is 17.2 Å². The van der Waals surface area contributed by atoms with Crippen LogP contribution in [-0.4, -0.2) is 48.1 Å². The van der Waals surface area contributed by atoms with E-state index in [1.54, 1.807) is 36.4 Å². The number of ether oxygens (including phenoxy) is 3. The number of likely N-dealkylation sites (tertiary alicyclic amines) is 1. The predicted octanol–water partition coefficient (Wildman–Crippen LogP) is 5.94. The van der Waals surface area contributed by atoms with E-state index < -0.39 is 17.7 Å². The lowest BCUT2D eigenvalue weighted by atomic mass is 9.94. The molecule has 1 unspecified atom stereocenters. The Labute approximate surface area is 229 Å². The first-order valence-electron chi connectivity index (χ1n) is 13.4. The third-order valence-electron chi connectivity index (χ3n) is 6.51. The molecular formula is C32H35NO6. The maximum absolute atomic E-state index is 13.4. The highest BCUT2D eigenvalue weighted by atomic mass is 16.5. The molecule has 1 fully saturated rings. The fourth-order valence-corrected chi connectivity index (χ4v) is 4.67. The van der Waals surface area contributed by atoms with E-state index in [2.05, 4.69) is 0 Å². The van der Waals surface area contributed by atoms with Crippen molar-refractivity contribution in [3.8, 4) is 17.2 Å². The minimum atomic E-state index is -0.792. The number of aliphatic hydroxyl groups is 1. The summed E-state index contributed by atoms with van der Waals surface area (Å²) in [6, 6.07) is 21.2. The number of ketones is 1. The Bertz CT molecular complexity index is 1320. The van der Waals surface area contributed by atoms with Gasteiger partial charge in [-0.2, -0.15) is 0 Å². The van der Waals surface area contributed by atoms with Gasteiger partial charge in [0, 0.05) is 12.1 Å². The van der Waals surface area contributed by atoms with Crippen LogP contribution in [0.2, 0.25) is 0 Å². The molecule has 1 heterocycles. The van der Waals surface area contributed by atoms with E-state index in [0.29, 0.717) is 61.2 Å². The lowest BCUT2D eigenvalue weighted by Crippen LogP contribution is -2.31. The quantitative estimate of drug-likeness (QED) is 0.178. The van der Waals surface area contributed by atoms with E-state index in [1.807, 2.05) is 57.2 Å². The van der Waals surface area contributed by atoms with Gasteiger partial charge in [0.15, 0.2) is 11.5 Å². The number of rotatable bonds is 12. The molecule has 3 aromatic rings. The van der Waals surface area contributed by atoms with E-state index in [1.165, 1.54) is 4.90 Å². The molecule has 3 aromatic carbocycles.